The molecule has 1 saturated carbocycles. The van der Waals surface area contributed by atoms with E-state index >= 15 is 0 Å². The number of halogens is 1. The fraction of sp³-hybridized carbons (Fsp3) is 0.467. The van der Waals surface area contributed by atoms with Crippen LogP contribution < -0.4 is 5.73 Å². The summed E-state index contributed by atoms with van der Waals surface area (Å²) in [5.74, 6) is -1.57. The van der Waals surface area contributed by atoms with Gasteiger partial charge in [0.2, 0.25) is 0 Å². The predicted octanol–water partition coefficient (Wildman–Crippen LogP) is 2.05. The monoisotopic (exact) mass is 279 g/mol. The molecular formula is C15H18FNO3. The standard InChI is InChI=1S/C15H18FNO3/c1-10(13(17)18)20-14(19)15(7-2-3-8-15)11-5-4-6-12(16)9-11/h4-6,9-10H,2-3,7-8H2,1H3,(H2,17,18). The predicted molar refractivity (Wildman–Crippen MR) is 71.3 cm³/mol. The van der Waals surface area contributed by atoms with Gasteiger partial charge in [-0.1, -0.05) is 25.0 Å². The fourth-order valence-electron chi connectivity index (χ4n) is 2.71. The molecule has 1 aliphatic rings. The number of primary amides is 1. The molecule has 0 saturated heterocycles. The van der Waals surface area contributed by atoms with E-state index in [9.17, 15) is 14.0 Å². The van der Waals surface area contributed by atoms with Crippen LogP contribution in [-0.2, 0) is 19.7 Å². The first-order valence-electron chi connectivity index (χ1n) is 6.72. The Kier molecular flexibility index (Phi) is 4.06. The first kappa shape index (κ1) is 14.5. The van der Waals surface area contributed by atoms with Gasteiger partial charge in [-0.2, -0.15) is 0 Å². The topological polar surface area (TPSA) is 69.4 Å². The molecule has 0 radical (unpaired) electrons. The smallest absolute Gasteiger partial charge is 0.317 e. The molecule has 4 nitrogen and oxygen atoms in total. The van der Waals surface area contributed by atoms with E-state index in [-0.39, 0.29) is 5.82 Å². The third-order valence-corrected chi connectivity index (χ3v) is 3.91. The van der Waals surface area contributed by atoms with Gasteiger partial charge >= 0.3 is 5.97 Å². The first-order chi connectivity index (χ1) is 9.45. The summed E-state index contributed by atoms with van der Waals surface area (Å²) >= 11 is 0. The summed E-state index contributed by atoms with van der Waals surface area (Å²) in [6, 6.07) is 6.01. The van der Waals surface area contributed by atoms with Crippen LogP contribution in [0.2, 0.25) is 0 Å². The van der Waals surface area contributed by atoms with Crippen molar-refractivity contribution in [2.75, 3.05) is 0 Å². The number of carbonyl (C=O) groups is 2. The van der Waals surface area contributed by atoms with E-state index < -0.39 is 23.4 Å². The third kappa shape index (κ3) is 2.66. The number of esters is 1. The van der Waals surface area contributed by atoms with Crippen molar-refractivity contribution < 1.29 is 18.7 Å². The second-order valence-corrected chi connectivity index (χ2v) is 5.25. The van der Waals surface area contributed by atoms with Crippen LogP contribution in [0.5, 0.6) is 0 Å². The molecule has 108 valence electrons. The van der Waals surface area contributed by atoms with Crippen molar-refractivity contribution in [2.45, 2.75) is 44.1 Å². The Morgan fingerprint density at radius 3 is 2.55 bits per heavy atom. The van der Waals surface area contributed by atoms with Gasteiger partial charge in [0, 0.05) is 0 Å². The fourth-order valence-corrected chi connectivity index (χ4v) is 2.71. The molecule has 20 heavy (non-hydrogen) atoms. The molecule has 2 rings (SSSR count). The molecule has 1 atom stereocenters. The molecule has 0 aliphatic heterocycles. The number of hydrogen-bond donors (Lipinski definition) is 1. The van der Waals surface area contributed by atoms with Gasteiger partial charge in [-0.25, -0.2) is 4.39 Å². The van der Waals surface area contributed by atoms with Gasteiger partial charge in [-0.15, -0.1) is 0 Å². The highest BCUT2D eigenvalue weighted by Gasteiger charge is 2.45. The van der Waals surface area contributed by atoms with Crippen molar-refractivity contribution in [1.82, 2.24) is 0 Å². The molecule has 5 heteroatoms. The van der Waals surface area contributed by atoms with Crippen LogP contribution in [0.4, 0.5) is 4.39 Å². The van der Waals surface area contributed by atoms with Crippen molar-refractivity contribution in [3.05, 3.63) is 35.6 Å². The van der Waals surface area contributed by atoms with Crippen LogP contribution in [0.1, 0.15) is 38.2 Å². The number of rotatable bonds is 4. The van der Waals surface area contributed by atoms with E-state index in [2.05, 4.69) is 0 Å². The van der Waals surface area contributed by atoms with Gasteiger partial charge in [0.05, 0.1) is 5.41 Å². The van der Waals surface area contributed by atoms with E-state index in [0.717, 1.165) is 12.8 Å². The van der Waals surface area contributed by atoms with Gasteiger partial charge in [0.1, 0.15) is 5.82 Å². The van der Waals surface area contributed by atoms with Gasteiger partial charge < -0.3 is 10.5 Å². The molecule has 1 fully saturated rings. The lowest BCUT2D eigenvalue weighted by molar-refractivity contribution is -0.159. The number of benzene rings is 1. The zero-order valence-electron chi connectivity index (χ0n) is 11.4. The molecule has 2 N–H and O–H groups in total. The maximum Gasteiger partial charge on any atom is 0.317 e. The van der Waals surface area contributed by atoms with E-state index in [1.54, 1.807) is 12.1 Å². The van der Waals surface area contributed by atoms with Crippen molar-refractivity contribution in [3.63, 3.8) is 0 Å². The maximum atomic E-state index is 13.4. The Balaban J connectivity index is 2.30. The summed E-state index contributed by atoms with van der Waals surface area (Å²) in [7, 11) is 0. The summed E-state index contributed by atoms with van der Waals surface area (Å²) < 4.78 is 18.6. The molecule has 1 aromatic rings. The Labute approximate surface area is 117 Å². The largest absolute Gasteiger partial charge is 0.452 e. The average molecular weight is 279 g/mol. The van der Waals surface area contributed by atoms with Gasteiger partial charge in [0.25, 0.3) is 5.91 Å². The molecule has 1 unspecified atom stereocenters. The summed E-state index contributed by atoms with van der Waals surface area (Å²) in [4.78, 5) is 23.5. The minimum absolute atomic E-state index is 0.385. The Hall–Kier alpha value is -1.91. The van der Waals surface area contributed by atoms with Crippen molar-refractivity contribution in [1.29, 1.82) is 0 Å². The first-order valence-corrected chi connectivity index (χ1v) is 6.72. The molecule has 0 bridgehead atoms. The normalized spacial score (nSPS) is 18.5. The van der Waals surface area contributed by atoms with Crippen LogP contribution >= 0.6 is 0 Å². The van der Waals surface area contributed by atoms with E-state index in [4.69, 9.17) is 10.5 Å². The van der Waals surface area contributed by atoms with Crippen LogP contribution in [-0.4, -0.2) is 18.0 Å². The average Bonchev–Trinajstić information content (AvgIpc) is 2.89. The second-order valence-electron chi connectivity index (χ2n) is 5.25. The minimum Gasteiger partial charge on any atom is -0.452 e. The van der Waals surface area contributed by atoms with E-state index in [1.165, 1.54) is 19.1 Å². The summed E-state index contributed by atoms with van der Waals surface area (Å²) in [5.41, 5.74) is 4.87. The highest BCUT2D eigenvalue weighted by molar-refractivity contribution is 5.87. The van der Waals surface area contributed by atoms with Gasteiger partial charge in [0.15, 0.2) is 6.10 Å². The summed E-state index contributed by atoms with van der Waals surface area (Å²) in [5, 5.41) is 0. The molecule has 1 aliphatic carbocycles. The lowest BCUT2D eigenvalue weighted by Gasteiger charge is -2.28. The number of amides is 1. The quantitative estimate of drug-likeness (QED) is 0.858. The molecule has 1 aromatic carbocycles. The Morgan fingerprint density at radius 2 is 2.00 bits per heavy atom. The van der Waals surface area contributed by atoms with E-state index in [1.807, 2.05) is 0 Å². The number of carbonyl (C=O) groups excluding carboxylic acids is 2. The highest BCUT2D eigenvalue weighted by Crippen LogP contribution is 2.42. The zero-order chi connectivity index (χ0) is 14.8. The molecule has 0 heterocycles. The SMILES string of the molecule is CC(OC(=O)C1(c2cccc(F)c2)CCCC1)C(N)=O. The highest BCUT2D eigenvalue weighted by atomic mass is 19.1. The lowest BCUT2D eigenvalue weighted by atomic mass is 9.79. The number of nitrogens with two attached hydrogens (primary N) is 1. The summed E-state index contributed by atoms with van der Waals surface area (Å²) in [6.07, 6.45) is 1.96. The van der Waals surface area contributed by atoms with Crippen LogP contribution in [0.3, 0.4) is 0 Å². The Morgan fingerprint density at radius 1 is 1.35 bits per heavy atom. The van der Waals surface area contributed by atoms with Crippen LogP contribution in [0.15, 0.2) is 24.3 Å². The van der Waals surface area contributed by atoms with Crippen LogP contribution in [0, 0.1) is 5.82 Å². The Bertz CT molecular complexity index is 524. The molecule has 0 aromatic heterocycles. The van der Waals surface area contributed by atoms with Gasteiger partial charge in [-0.3, -0.25) is 9.59 Å². The molecular weight excluding hydrogens is 261 g/mol. The van der Waals surface area contributed by atoms with Crippen molar-refractivity contribution in [3.8, 4) is 0 Å². The maximum absolute atomic E-state index is 13.4. The molecule has 0 spiro atoms. The lowest BCUT2D eigenvalue weighted by Crippen LogP contribution is -2.40. The summed E-state index contributed by atoms with van der Waals surface area (Å²) in [6.45, 7) is 1.44. The second kappa shape index (κ2) is 5.61. The van der Waals surface area contributed by atoms with Crippen LogP contribution in [0.25, 0.3) is 0 Å². The number of ether oxygens (including phenoxy) is 1. The minimum atomic E-state index is -0.978. The third-order valence-electron chi connectivity index (χ3n) is 3.91. The van der Waals surface area contributed by atoms with Gasteiger partial charge in [-0.05, 0) is 37.5 Å². The van der Waals surface area contributed by atoms with E-state index in [0.29, 0.717) is 18.4 Å². The zero-order valence-corrected chi connectivity index (χ0v) is 11.4. The molecule has 1 amide bonds. The van der Waals surface area contributed by atoms with Crippen molar-refractivity contribution in [2.24, 2.45) is 5.73 Å². The van der Waals surface area contributed by atoms with Crippen molar-refractivity contribution >= 4 is 11.9 Å². The number of hydrogen-bond acceptors (Lipinski definition) is 3.